The molecule has 2 aliphatic heterocycles. The van der Waals surface area contributed by atoms with Crippen molar-refractivity contribution >= 4 is 11.8 Å². The number of piperidine rings is 1. The number of hydrogen-bond donors (Lipinski definition) is 3. The van der Waals surface area contributed by atoms with E-state index in [1.165, 1.54) is 0 Å². The Bertz CT molecular complexity index is 1050. The van der Waals surface area contributed by atoms with E-state index in [0.29, 0.717) is 63.4 Å². The number of aliphatic hydroxyl groups excluding tert-OH is 2. The van der Waals surface area contributed by atoms with Crippen molar-refractivity contribution < 1.29 is 24.5 Å². The molecule has 0 unspecified atom stereocenters. The highest BCUT2D eigenvalue weighted by Gasteiger charge is 2.39. The number of aromatic nitrogens is 3. The Labute approximate surface area is 205 Å². The van der Waals surface area contributed by atoms with Crippen LogP contribution in [0.25, 0.3) is 0 Å². The number of likely N-dealkylation sites (tertiary alicyclic amines) is 1. The average Bonchev–Trinajstić information content (AvgIpc) is 3.17. The van der Waals surface area contributed by atoms with E-state index in [-0.39, 0.29) is 24.8 Å². The van der Waals surface area contributed by atoms with Gasteiger partial charge in [0.1, 0.15) is 17.4 Å². The molecule has 4 rings (SSSR count). The molecule has 35 heavy (non-hydrogen) atoms. The van der Waals surface area contributed by atoms with Crippen molar-refractivity contribution in [2.45, 2.75) is 64.7 Å². The fraction of sp³-hybridized carbons (Fsp3) is 0.600. The fourth-order valence-electron chi connectivity index (χ4n) is 5.05. The van der Waals surface area contributed by atoms with Gasteiger partial charge in [0.25, 0.3) is 5.91 Å². The number of amides is 2. The molecular weight excluding hydrogens is 450 g/mol. The van der Waals surface area contributed by atoms with Crippen molar-refractivity contribution in [1.29, 1.82) is 0 Å². The summed E-state index contributed by atoms with van der Waals surface area (Å²) in [5.74, 6) is 1.83. The van der Waals surface area contributed by atoms with Gasteiger partial charge in [-0.1, -0.05) is 18.2 Å². The smallest absolute Gasteiger partial charge is 0.257 e. The molecule has 2 aromatic rings. The first-order valence-electron chi connectivity index (χ1n) is 12.2. The van der Waals surface area contributed by atoms with Gasteiger partial charge < -0.3 is 25.2 Å². The quantitative estimate of drug-likeness (QED) is 0.585. The predicted octanol–water partition coefficient (Wildman–Crippen LogP) is 0.757. The molecule has 0 radical (unpaired) electrons. The second-order valence-corrected chi connectivity index (χ2v) is 9.78. The number of aryl methyl sites for hydroxylation is 3. The summed E-state index contributed by atoms with van der Waals surface area (Å²) in [4.78, 5) is 31.4. The Morgan fingerprint density at radius 1 is 1.20 bits per heavy atom. The van der Waals surface area contributed by atoms with Gasteiger partial charge in [-0.05, 0) is 50.2 Å². The number of nitrogens with one attached hydrogen (secondary N) is 1. The van der Waals surface area contributed by atoms with Crippen molar-refractivity contribution in [2.75, 3.05) is 26.2 Å². The van der Waals surface area contributed by atoms with Crippen LogP contribution in [0.2, 0.25) is 0 Å². The van der Waals surface area contributed by atoms with Crippen LogP contribution in [0.15, 0.2) is 24.3 Å². The molecule has 2 amide bonds. The third-order valence-electron chi connectivity index (χ3n) is 7.18. The number of hydrogen-bond acceptors (Lipinski definition) is 7. The van der Waals surface area contributed by atoms with Crippen LogP contribution >= 0.6 is 0 Å². The van der Waals surface area contributed by atoms with Gasteiger partial charge in [-0.15, -0.1) is 0 Å². The van der Waals surface area contributed by atoms with Crippen LogP contribution in [0.1, 0.15) is 42.9 Å². The van der Waals surface area contributed by atoms with Gasteiger partial charge in [0, 0.05) is 32.5 Å². The van der Waals surface area contributed by atoms with Crippen LogP contribution in [0.4, 0.5) is 0 Å². The Hall–Kier alpha value is -2.98. The first-order valence-corrected chi connectivity index (χ1v) is 12.2. The van der Waals surface area contributed by atoms with Gasteiger partial charge in [-0.25, -0.2) is 9.67 Å². The van der Waals surface area contributed by atoms with E-state index >= 15 is 0 Å². The molecule has 1 aromatic carbocycles. The summed E-state index contributed by atoms with van der Waals surface area (Å²) >= 11 is 0. The molecule has 1 fully saturated rings. The highest BCUT2D eigenvalue weighted by Crippen LogP contribution is 2.37. The van der Waals surface area contributed by atoms with Crippen LogP contribution in [0.3, 0.4) is 0 Å². The zero-order chi connectivity index (χ0) is 25.0. The second-order valence-electron chi connectivity index (χ2n) is 9.78. The van der Waals surface area contributed by atoms with Crippen molar-refractivity contribution in [3.63, 3.8) is 0 Å². The molecule has 190 valence electrons. The molecule has 2 atom stereocenters. The molecule has 1 saturated heterocycles. The number of carbonyl (C=O) groups excluding carboxylic acids is 2. The minimum Gasteiger partial charge on any atom is -0.483 e. The summed E-state index contributed by atoms with van der Waals surface area (Å²) in [6.07, 6.45) is 0.257. The number of nitrogens with zero attached hydrogens (tertiary/aromatic N) is 4. The summed E-state index contributed by atoms with van der Waals surface area (Å²) in [5.41, 5.74) is 0.338. The molecule has 2 aliphatic rings. The third kappa shape index (κ3) is 6.18. The topological polar surface area (TPSA) is 130 Å². The normalized spacial score (nSPS) is 23.0. The summed E-state index contributed by atoms with van der Waals surface area (Å²) in [5, 5.41) is 28.9. The Kier molecular flexibility index (Phi) is 7.71. The minimum absolute atomic E-state index is 0.0511. The van der Waals surface area contributed by atoms with Gasteiger partial charge in [0.2, 0.25) is 5.91 Å². The molecular formula is C25H35N5O5. The molecule has 3 N–H and O–H groups in total. The number of benzene rings is 1. The van der Waals surface area contributed by atoms with E-state index in [2.05, 4.69) is 15.4 Å². The van der Waals surface area contributed by atoms with Crippen molar-refractivity contribution in [2.24, 2.45) is 5.41 Å². The van der Waals surface area contributed by atoms with Crippen molar-refractivity contribution in [3.8, 4) is 5.75 Å². The maximum Gasteiger partial charge on any atom is 0.257 e. The molecule has 1 spiro atoms. The standard InChI is InChI=1S/C25H35N5O5/c1-17-27-18(2)30(28-17)10-7-24(34)29-11-8-25(9-12-29)14-21(32)20(31)13-19-5-3-4-6-22(19)35-15-23(33)26-16-25/h3-6,20-21,31-32H,7-16H2,1-2H3,(H,26,33)/t20-,21+/m0/s1. The molecule has 10 nitrogen and oxygen atoms in total. The van der Waals surface area contributed by atoms with E-state index in [9.17, 15) is 19.8 Å². The summed E-state index contributed by atoms with van der Waals surface area (Å²) in [6, 6.07) is 7.24. The van der Waals surface area contributed by atoms with E-state index in [4.69, 9.17) is 4.74 Å². The number of rotatable bonds is 3. The lowest BCUT2D eigenvalue weighted by molar-refractivity contribution is -0.135. The Morgan fingerprint density at radius 2 is 1.94 bits per heavy atom. The number of ether oxygens (including phenoxy) is 1. The Balaban J connectivity index is 1.39. The first kappa shape index (κ1) is 25.1. The average molecular weight is 486 g/mol. The first-order chi connectivity index (χ1) is 16.7. The molecule has 10 heteroatoms. The number of para-hydroxylation sites is 1. The molecule has 0 aliphatic carbocycles. The monoisotopic (exact) mass is 485 g/mol. The maximum atomic E-state index is 12.8. The van der Waals surface area contributed by atoms with Gasteiger partial charge in [-0.3, -0.25) is 9.59 Å². The minimum atomic E-state index is -0.958. The lowest BCUT2D eigenvalue weighted by Gasteiger charge is -2.43. The zero-order valence-corrected chi connectivity index (χ0v) is 20.4. The highest BCUT2D eigenvalue weighted by molar-refractivity contribution is 5.77. The largest absolute Gasteiger partial charge is 0.483 e. The SMILES string of the molecule is Cc1nc(C)n(CCC(=O)N2CCC3(CC2)CNC(=O)COc2ccccc2C[C@H](O)[C@H](O)C3)n1. The molecule has 1 aromatic heterocycles. The van der Waals surface area contributed by atoms with E-state index in [1.807, 2.05) is 36.9 Å². The van der Waals surface area contributed by atoms with Gasteiger partial charge in [-0.2, -0.15) is 5.10 Å². The Morgan fingerprint density at radius 3 is 2.66 bits per heavy atom. The van der Waals surface area contributed by atoms with Crippen LogP contribution in [0.5, 0.6) is 5.75 Å². The van der Waals surface area contributed by atoms with Crippen molar-refractivity contribution in [3.05, 3.63) is 41.5 Å². The van der Waals surface area contributed by atoms with Crippen LogP contribution in [-0.4, -0.2) is 80.1 Å². The summed E-state index contributed by atoms with van der Waals surface area (Å²) < 4.78 is 7.43. The van der Waals surface area contributed by atoms with Crippen LogP contribution in [0, 0.1) is 19.3 Å². The predicted molar refractivity (Wildman–Crippen MR) is 128 cm³/mol. The zero-order valence-electron chi connectivity index (χ0n) is 20.4. The van der Waals surface area contributed by atoms with Gasteiger partial charge in [0.15, 0.2) is 6.61 Å². The lowest BCUT2D eigenvalue weighted by Crippen LogP contribution is -2.51. The molecule has 3 heterocycles. The number of fused-ring (bicyclic) bond motifs is 1. The van der Waals surface area contributed by atoms with E-state index < -0.39 is 17.6 Å². The van der Waals surface area contributed by atoms with Crippen molar-refractivity contribution in [1.82, 2.24) is 25.0 Å². The molecule has 0 saturated carbocycles. The van der Waals surface area contributed by atoms with Gasteiger partial charge >= 0.3 is 0 Å². The van der Waals surface area contributed by atoms with Gasteiger partial charge in [0.05, 0.1) is 18.8 Å². The van der Waals surface area contributed by atoms with Crippen LogP contribution in [-0.2, 0) is 22.6 Å². The lowest BCUT2D eigenvalue weighted by atomic mass is 9.73. The highest BCUT2D eigenvalue weighted by atomic mass is 16.5. The second kappa shape index (κ2) is 10.7. The maximum absolute atomic E-state index is 12.8. The van der Waals surface area contributed by atoms with E-state index in [0.717, 1.165) is 11.4 Å². The fourth-order valence-corrected chi connectivity index (χ4v) is 5.05. The summed E-state index contributed by atoms with van der Waals surface area (Å²) in [7, 11) is 0. The van der Waals surface area contributed by atoms with Crippen LogP contribution < -0.4 is 10.1 Å². The number of carbonyl (C=O) groups is 2. The summed E-state index contributed by atoms with van der Waals surface area (Å²) in [6.45, 7) is 5.50. The van der Waals surface area contributed by atoms with E-state index in [1.54, 1.807) is 10.7 Å². The molecule has 0 bridgehead atoms. The third-order valence-corrected chi connectivity index (χ3v) is 7.18. The number of aliphatic hydroxyl groups is 2.